The van der Waals surface area contributed by atoms with Gasteiger partial charge in [-0.05, 0) is 0 Å². The fourth-order valence-electron chi connectivity index (χ4n) is 4.85. The van der Waals surface area contributed by atoms with Crippen LogP contribution in [-0.2, 0) is 14.0 Å². The first-order chi connectivity index (χ1) is 17.1. The van der Waals surface area contributed by atoms with E-state index < -0.39 is 39.2 Å². The standard InChI is InChI=1S/C29H33FO3SSeSi/c1-22(31)33-27-29(30,35-24-14-8-5-9-15-24)20-23(34-27)21-32-36(28(2,3)4,25-16-10-6-11-17-25)26-18-12-7-13-19-26/h5-19,23,27H,20-21H2,1-4H3/t23-,27?,29+/m0/s1. The predicted molar refractivity (Wildman–Crippen MR) is 151 cm³/mol. The minimum absolute atomic E-state index is 0.119. The van der Waals surface area contributed by atoms with Crippen molar-refractivity contribution in [2.45, 2.75) is 54.4 Å². The van der Waals surface area contributed by atoms with E-state index in [1.807, 2.05) is 42.5 Å². The Kier molecular flexibility index (Phi) is 8.48. The number of esters is 1. The molecule has 0 radical (unpaired) electrons. The van der Waals surface area contributed by atoms with Crippen molar-refractivity contribution in [2.24, 2.45) is 0 Å². The van der Waals surface area contributed by atoms with Gasteiger partial charge in [-0.15, -0.1) is 0 Å². The summed E-state index contributed by atoms with van der Waals surface area (Å²) in [6, 6.07) is 30.6. The van der Waals surface area contributed by atoms with Gasteiger partial charge in [0.05, 0.1) is 0 Å². The Morgan fingerprint density at radius 3 is 1.94 bits per heavy atom. The van der Waals surface area contributed by atoms with E-state index in [0.29, 0.717) is 13.0 Å². The number of hydrogen-bond acceptors (Lipinski definition) is 4. The Labute approximate surface area is 225 Å². The van der Waals surface area contributed by atoms with Gasteiger partial charge >= 0.3 is 226 Å². The molecule has 1 aliphatic heterocycles. The molecule has 3 aromatic rings. The maximum atomic E-state index is 16.5. The summed E-state index contributed by atoms with van der Waals surface area (Å²) in [4.78, 5) is 11.8. The van der Waals surface area contributed by atoms with Gasteiger partial charge in [0.2, 0.25) is 0 Å². The Hall–Kier alpha value is -1.89. The number of hydrogen-bond donors (Lipinski definition) is 0. The average molecular weight is 588 g/mol. The molecular formula is C29H33FO3SSeSi. The van der Waals surface area contributed by atoms with Crippen LogP contribution in [0, 0.1) is 0 Å². The zero-order valence-electron chi connectivity index (χ0n) is 21.1. The SMILES string of the molecule is CC(=O)OC1S[C@H](CO[Si](c2ccccc2)(c2ccccc2)C(C)(C)C)C[C@@]1(F)[Se]c1ccccc1. The fourth-order valence-corrected chi connectivity index (χ4v) is 14.1. The van der Waals surface area contributed by atoms with E-state index in [2.05, 4.69) is 69.3 Å². The Morgan fingerprint density at radius 1 is 0.972 bits per heavy atom. The van der Waals surface area contributed by atoms with Crippen LogP contribution >= 0.6 is 11.8 Å². The normalized spacial score (nSPS) is 22.4. The van der Waals surface area contributed by atoms with Crippen LogP contribution in [0.15, 0.2) is 91.0 Å². The van der Waals surface area contributed by atoms with Crippen molar-refractivity contribution >= 4 is 55.8 Å². The molecule has 0 amide bonds. The van der Waals surface area contributed by atoms with Gasteiger partial charge in [0.1, 0.15) is 0 Å². The van der Waals surface area contributed by atoms with Gasteiger partial charge in [-0.25, -0.2) is 0 Å². The molecule has 0 spiro atoms. The van der Waals surface area contributed by atoms with Crippen molar-refractivity contribution < 1.29 is 18.3 Å². The molecule has 0 saturated carbocycles. The molecule has 1 heterocycles. The molecule has 0 bridgehead atoms. The maximum absolute atomic E-state index is 16.5. The monoisotopic (exact) mass is 588 g/mol. The van der Waals surface area contributed by atoms with E-state index in [9.17, 15) is 4.79 Å². The molecule has 3 atom stereocenters. The Bertz CT molecular complexity index is 1100. The first-order valence-corrected chi connectivity index (χ1v) is 16.7. The number of benzene rings is 3. The predicted octanol–water partition coefficient (Wildman–Crippen LogP) is 4.65. The molecule has 1 fully saturated rings. The first-order valence-electron chi connectivity index (χ1n) is 12.1. The third-order valence-electron chi connectivity index (χ3n) is 6.38. The second-order valence-electron chi connectivity index (χ2n) is 10.1. The van der Waals surface area contributed by atoms with Crippen LogP contribution in [0.2, 0.25) is 5.04 Å². The van der Waals surface area contributed by atoms with Crippen molar-refractivity contribution in [1.82, 2.24) is 0 Å². The summed E-state index contributed by atoms with van der Waals surface area (Å²) >= 11 is 0.909. The third-order valence-corrected chi connectivity index (χ3v) is 15.7. The number of carbonyl (C=O) groups is 1. The molecule has 0 N–H and O–H groups in total. The van der Waals surface area contributed by atoms with Gasteiger partial charge in [0, 0.05) is 0 Å². The molecule has 1 aliphatic rings. The number of thioether (sulfide) groups is 1. The molecule has 1 unspecified atom stereocenters. The molecule has 4 rings (SSSR count). The summed E-state index contributed by atoms with van der Waals surface area (Å²) in [6.07, 6.45) is 0.294. The number of ether oxygens (including phenoxy) is 1. The molecule has 36 heavy (non-hydrogen) atoms. The number of alkyl halides is 1. The van der Waals surface area contributed by atoms with Crippen LogP contribution in [0.4, 0.5) is 4.39 Å². The van der Waals surface area contributed by atoms with E-state index in [1.54, 1.807) is 0 Å². The summed E-state index contributed by atoms with van der Waals surface area (Å²) in [5.74, 6) is -0.452. The molecule has 7 heteroatoms. The van der Waals surface area contributed by atoms with Crippen molar-refractivity contribution in [2.75, 3.05) is 6.61 Å². The summed E-state index contributed by atoms with van der Waals surface area (Å²) in [7, 11) is -2.73. The van der Waals surface area contributed by atoms with Crippen LogP contribution in [0.5, 0.6) is 0 Å². The molecular weight excluding hydrogens is 554 g/mol. The Morgan fingerprint density at radius 2 is 1.47 bits per heavy atom. The van der Waals surface area contributed by atoms with Gasteiger partial charge in [0.15, 0.2) is 0 Å². The summed E-state index contributed by atoms with van der Waals surface area (Å²) < 4.78 is 28.4. The van der Waals surface area contributed by atoms with Crippen LogP contribution < -0.4 is 14.8 Å². The third kappa shape index (κ3) is 5.81. The van der Waals surface area contributed by atoms with Crippen molar-refractivity contribution in [3.05, 3.63) is 91.0 Å². The van der Waals surface area contributed by atoms with Crippen molar-refractivity contribution in [3.63, 3.8) is 0 Å². The molecule has 1 saturated heterocycles. The van der Waals surface area contributed by atoms with Crippen molar-refractivity contribution in [3.8, 4) is 0 Å². The van der Waals surface area contributed by atoms with E-state index in [4.69, 9.17) is 9.16 Å². The van der Waals surface area contributed by atoms with Crippen LogP contribution in [0.1, 0.15) is 34.1 Å². The van der Waals surface area contributed by atoms with E-state index in [-0.39, 0.29) is 10.3 Å². The average Bonchev–Trinajstić information content (AvgIpc) is 3.14. The zero-order valence-corrected chi connectivity index (χ0v) is 24.7. The zero-order chi connectivity index (χ0) is 25.8. The van der Waals surface area contributed by atoms with Gasteiger partial charge in [-0.2, -0.15) is 0 Å². The summed E-state index contributed by atoms with van der Waals surface area (Å²) in [5, 5.41) is 2.12. The Balaban J connectivity index is 1.64. The summed E-state index contributed by atoms with van der Waals surface area (Å²) in [5.41, 5.74) is -0.831. The molecule has 3 nitrogen and oxygen atoms in total. The van der Waals surface area contributed by atoms with Gasteiger partial charge in [0.25, 0.3) is 0 Å². The van der Waals surface area contributed by atoms with E-state index >= 15 is 4.39 Å². The van der Waals surface area contributed by atoms with E-state index in [0.717, 1.165) is 4.46 Å². The molecule has 3 aromatic carbocycles. The molecule has 0 aliphatic carbocycles. The van der Waals surface area contributed by atoms with Crippen LogP contribution in [-0.4, -0.2) is 51.1 Å². The quantitative estimate of drug-likeness (QED) is 0.284. The van der Waals surface area contributed by atoms with Gasteiger partial charge in [-0.3, -0.25) is 0 Å². The first kappa shape index (κ1) is 27.1. The second kappa shape index (κ2) is 11.2. The van der Waals surface area contributed by atoms with Crippen LogP contribution in [0.3, 0.4) is 0 Å². The summed E-state index contributed by atoms with van der Waals surface area (Å²) in [6.45, 7) is 8.46. The molecule has 190 valence electrons. The van der Waals surface area contributed by atoms with Gasteiger partial charge in [-0.1, -0.05) is 0 Å². The van der Waals surface area contributed by atoms with Crippen molar-refractivity contribution in [1.29, 1.82) is 0 Å². The minimum atomic E-state index is -2.73. The number of halogens is 1. The number of rotatable bonds is 8. The fraction of sp³-hybridized carbons (Fsp3) is 0.345. The van der Waals surface area contributed by atoms with E-state index in [1.165, 1.54) is 29.1 Å². The van der Waals surface area contributed by atoms with Crippen LogP contribution in [0.25, 0.3) is 0 Å². The second-order valence-corrected chi connectivity index (χ2v) is 18.6. The number of carbonyl (C=O) groups excluding carboxylic acids is 1. The molecule has 0 aromatic heterocycles. The topological polar surface area (TPSA) is 35.5 Å². The van der Waals surface area contributed by atoms with Gasteiger partial charge < -0.3 is 0 Å².